The molecule has 3 amide bonds. The molecule has 172 valence electrons. The number of anilines is 1. The molecule has 5 rings (SSSR count). The third-order valence-corrected chi connectivity index (χ3v) is 7.02. The number of hydrogen-bond acceptors (Lipinski definition) is 5. The Labute approximate surface area is 187 Å². The van der Waals surface area contributed by atoms with E-state index in [1.54, 1.807) is 24.3 Å². The lowest BCUT2D eigenvalue weighted by Crippen LogP contribution is -2.54. The maximum absolute atomic E-state index is 12.9. The monoisotopic (exact) mass is 441 g/mol. The summed E-state index contributed by atoms with van der Waals surface area (Å²) in [7, 11) is 0. The summed E-state index contributed by atoms with van der Waals surface area (Å²) in [5, 5.41) is 8.05. The Bertz CT molecular complexity index is 877. The van der Waals surface area contributed by atoms with Crippen molar-refractivity contribution in [3.63, 3.8) is 0 Å². The first-order valence-electron chi connectivity index (χ1n) is 11.5. The zero-order valence-electron chi connectivity index (χ0n) is 18.4. The minimum Gasteiger partial charge on any atom is -0.454 e. The fraction of sp³-hybridized carbons (Fsp3) is 0.583. The summed E-state index contributed by atoms with van der Waals surface area (Å²) in [4.78, 5) is 49.0. The minimum atomic E-state index is -0.644. The van der Waals surface area contributed by atoms with Gasteiger partial charge >= 0.3 is 5.97 Å². The van der Waals surface area contributed by atoms with E-state index in [4.69, 9.17) is 4.74 Å². The number of esters is 1. The van der Waals surface area contributed by atoms with Crippen LogP contribution in [0.1, 0.15) is 55.8 Å². The van der Waals surface area contributed by atoms with Crippen LogP contribution in [-0.4, -0.2) is 43.4 Å². The Balaban J connectivity index is 1.21. The Morgan fingerprint density at radius 3 is 2.28 bits per heavy atom. The molecule has 4 fully saturated rings. The van der Waals surface area contributed by atoms with Gasteiger partial charge in [-0.3, -0.25) is 19.2 Å². The first-order chi connectivity index (χ1) is 15.4. The van der Waals surface area contributed by atoms with Crippen molar-refractivity contribution in [2.75, 3.05) is 25.0 Å². The van der Waals surface area contributed by atoms with Gasteiger partial charge in [0.15, 0.2) is 6.61 Å². The van der Waals surface area contributed by atoms with Gasteiger partial charge in [0.2, 0.25) is 5.91 Å². The quantitative estimate of drug-likeness (QED) is 0.536. The van der Waals surface area contributed by atoms with E-state index in [1.165, 1.54) is 19.3 Å². The molecule has 4 saturated carbocycles. The van der Waals surface area contributed by atoms with Gasteiger partial charge in [0, 0.05) is 23.2 Å². The van der Waals surface area contributed by atoms with E-state index in [0.717, 1.165) is 19.3 Å². The minimum absolute atomic E-state index is 0.0415. The van der Waals surface area contributed by atoms with Crippen LogP contribution in [0.3, 0.4) is 0 Å². The number of hydrogen-bond donors (Lipinski definition) is 3. The van der Waals surface area contributed by atoms with Crippen molar-refractivity contribution in [3.8, 4) is 0 Å². The van der Waals surface area contributed by atoms with Crippen molar-refractivity contribution < 1.29 is 23.9 Å². The van der Waals surface area contributed by atoms with E-state index in [0.29, 0.717) is 35.5 Å². The normalized spacial score (nSPS) is 27.5. The Hall–Kier alpha value is -2.90. The van der Waals surface area contributed by atoms with Crippen molar-refractivity contribution in [1.29, 1.82) is 0 Å². The third kappa shape index (κ3) is 4.95. The van der Waals surface area contributed by atoms with Crippen LogP contribution in [0.5, 0.6) is 0 Å². The summed E-state index contributed by atoms with van der Waals surface area (Å²) in [5.74, 6) is 0.510. The molecule has 0 aliphatic heterocycles. The van der Waals surface area contributed by atoms with Crippen LogP contribution in [0.15, 0.2) is 24.3 Å². The van der Waals surface area contributed by atoms with E-state index in [9.17, 15) is 19.2 Å². The average Bonchev–Trinajstić information content (AvgIpc) is 2.75. The van der Waals surface area contributed by atoms with E-state index in [2.05, 4.69) is 16.0 Å². The van der Waals surface area contributed by atoms with Gasteiger partial charge in [0.25, 0.3) is 11.8 Å². The molecular formula is C24H31N3O5. The number of rotatable bonds is 8. The molecular weight excluding hydrogens is 410 g/mol. The molecule has 4 aliphatic carbocycles. The van der Waals surface area contributed by atoms with E-state index in [1.807, 2.05) is 6.92 Å². The molecule has 32 heavy (non-hydrogen) atoms. The number of amides is 3. The smallest absolute Gasteiger partial charge is 0.325 e. The largest absolute Gasteiger partial charge is 0.454 e. The molecule has 8 heteroatoms. The van der Waals surface area contributed by atoms with Gasteiger partial charge < -0.3 is 20.7 Å². The van der Waals surface area contributed by atoms with Crippen molar-refractivity contribution in [1.82, 2.24) is 10.6 Å². The van der Waals surface area contributed by atoms with Gasteiger partial charge in [-0.1, -0.05) is 6.07 Å². The first-order valence-corrected chi connectivity index (χ1v) is 11.5. The number of ether oxygens (including phenoxy) is 1. The Kier molecular flexibility index (Phi) is 6.48. The van der Waals surface area contributed by atoms with Crippen molar-refractivity contribution in [2.24, 2.45) is 23.2 Å². The molecule has 1 aromatic carbocycles. The number of nitrogens with one attached hydrogen (secondary N) is 3. The molecule has 0 aromatic heterocycles. The van der Waals surface area contributed by atoms with E-state index >= 15 is 0 Å². The summed E-state index contributed by atoms with van der Waals surface area (Å²) in [5.41, 5.74) is 0.542. The predicted molar refractivity (Wildman–Crippen MR) is 118 cm³/mol. The van der Waals surface area contributed by atoms with Crippen molar-refractivity contribution in [2.45, 2.75) is 45.4 Å². The van der Waals surface area contributed by atoms with Crippen LogP contribution in [-0.2, 0) is 19.1 Å². The van der Waals surface area contributed by atoms with Crippen LogP contribution in [0, 0.1) is 23.2 Å². The molecule has 3 N–H and O–H groups in total. The van der Waals surface area contributed by atoms with Crippen molar-refractivity contribution >= 4 is 29.4 Å². The average molecular weight is 442 g/mol. The number of benzene rings is 1. The second kappa shape index (κ2) is 9.30. The third-order valence-electron chi connectivity index (χ3n) is 7.02. The van der Waals surface area contributed by atoms with Gasteiger partial charge in [-0.15, -0.1) is 0 Å². The fourth-order valence-electron chi connectivity index (χ4n) is 6.12. The predicted octanol–water partition coefficient (Wildman–Crippen LogP) is 2.25. The van der Waals surface area contributed by atoms with Gasteiger partial charge in [-0.05, 0) is 81.4 Å². The first kappa shape index (κ1) is 22.3. The Morgan fingerprint density at radius 2 is 1.66 bits per heavy atom. The zero-order chi connectivity index (χ0) is 22.7. The maximum Gasteiger partial charge on any atom is 0.325 e. The van der Waals surface area contributed by atoms with Crippen LogP contribution in [0.4, 0.5) is 5.69 Å². The summed E-state index contributed by atoms with van der Waals surface area (Å²) in [6.07, 6.45) is 6.52. The molecule has 4 aliphatic rings. The van der Waals surface area contributed by atoms with Crippen molar-refractivity contribution in [3.05, 3.63) is 29.8 Å². The lowest BCUT2D eigenvalue weighted by Gasteiger charge is -2.55. The lowest BCUT2D eigenvalue weighted by atomic mass is 9.49. The Morgan fingerprint density at radius 1 is 1.00 bits per heavy atom. The highest BCUT2D eigenvalue weighted by Crippen LogP contribution is 2.60. The second-order valence-electron chi connectivity index (χ2n) is 9.53. The highest BCUT2D eigenvalue weighted by atomic mass is 16.5. The van der Waals surface area contributed by atoms with Crippen LogP contribution < -0.4 is 16.0 Å². The van der Waals surface area contributed by atoms with Crippen LogP contribution >= 0.6 is 0 Å². The fourth-order valence-corrected chi connectivity index (χ4v) is 6.12. The van der Waals surface area contributed by atoms with Gasteiger partial charge in [-0.25, -0.2) is 0 Å². The molecule has 0 atom stereocenters. The molecule has 0 heterocycles. The summed E-state index contributed by atoms with van der Waals surface area (Å²) in [6.45, 7) is 1.63. The summed E-state index contributed by atoms with van der Waals surface area (Å²) in [6, 6.07) is 6.50. The summed E-state index contributed by atoms with van der Waals surface area (Å²) < 4.78 is 5.02. The second-order valence-corrected chi connectivity index (χ2v) is 9.53. The van der Waals surface area contributed by atoms with Gasteiger partial charge in [0.05, 0.1) is 0 Å². The molecule has 0 unspecified atom stereocenters. The number of carbonyl (C=O) groups is 4. The topological polar surface area (TPSA) is 114 Å². The van der Waals surface area contributed by atoms with Gasteiger partial charge in [0.1, 0.15) is 6.54 Å². The molecule has 0 spiro atoms. The van der Waals surface area contributed by atoms with Crippen LogP contribution in [0.2, 0.25) is 0 Å². The molecule has 0 radical (unpaired) electrons. The van der Waals surface area contributed by atoms with Crippen LogP contribution in [0.25, 0.3) is 0 Å². The standard InChI is InChI=1S/C24H31N3O5/c1-2-25-22(30)18-4-3-5-19(9-18)27-20(28)14-32-21(29)13-26-23(31)24-10-15-6-16(11-24)8-17(7-15)12-24/h3-5,9,15-17H,2,6-8,10-14H2,1H3,(H,25,30)(H,26,31)(H,27,28). The van der Waals surface area contributed by atoms with Gasteiger partial charge in [-0.2, -0.15) is 0 Å². The maximum atomic E-state index is 12.9. The van der Waals surface area contributed by atoms with E-state index < -0.39 is 18.5 Å². The molecule has 0 saturated heterocycles. The SMILES string of the molecule is CCNC(=O)c1cccc(NC(=O)COC(=O)CNC(=O)C23CC4CC(CC(C4)C2)C3)c1. The highest BCUT2D eigenvalue weighted by molar-refractivity contribution is 5.97. The highest BCUT2D eigenvalue weighted by Gasteiger charge is 2.54. The summed E-state index contributed by atoms with van der Waals surface area (Å²) >= 11 is 0. The molecule has 4 bridgehead atoms. The zero-order valence-corrected chi connectivity index (χ0v) is 18.4. The number of carbonyl (C=O) groups excluding carboxylic acids is 4. The van der Waals surface area contributed by atoms with E-state index in [-0.39, 0.29) is 23.8 Å². The molecule has 1 aromatic rings. The molecule has 8 nitrogen and oxygen atoms in total. The lowest BCUT2D eigenvalue weighted by molar-refractivity contribution is -0.152.